The van der Waals surface area contributed by atoms with Crippen LogP contribution in [0.2, 0.25) is 0 Å². The Bertz CT molecular complexity index is 798. The van der Waals surface area contributed by atoms with Crippen LogP contribution < -0.4 is 10.6 Å². The van der Waals surface area contributed by atoms with Gasteiger partial charge in [0.05, 0.1) is 24.3 Å². The van der Waals surface area contributed by atoms with Crippen LogP contribution in [0.1, 0.15) is 36.9 Å². The van der Waals surface area contributed by atoms with E-state index in [1.807, 2.05) is 24.0 Å². The standard InChI is InChI=1S/C19H24FN5OS/c20-15-8-5-4-6-13(15)10-25-11-14(23-24-25)7-2-1-3-9-17-18-16(12-27-17)21-19(26)22-18/h4-6,8,11,16-18H,1-3,7,9-10,12H2,(H2,21,22,26)/t16-,17-,18-/m0/s1. The highest BCUT2D eigenvalue weighted by atomic mass is 32.2. The fraction of sp³-hybridized carbons (Fsp3) is 0.526. The Morgan fingerprint density at radius 2 is 2.11 bits per heavy atom. The highest BCUT2D eigenvalue weighted by Crippen LogP contribution is 2.33. The van der Waals surface area contributed by atoms with Crippen molar-refractivity contribution in [1.29, 1.82) is 0 Å². The van der Waals surface area contributed by atoms with Gasteiger partial charge in [-0.3, -0.25) is 0 Å². The van der Waals surface area contributed by atoms with Gasteiger partial charge in [-0.1, -0.05) is 36.3 Å². The van der Waals surface area contributed by atoms with Gasteiger partial charge in [-0.2, -0.15) is 11.8 Å². The van der Waals surface area contributed by atoms with E-state index in [2.05, 4.69) is 20.9 Å². The maximum absolute atomic E-state index is 13.7. The number of carbonyl (C=O) groups is 1. The number of thioether (sulfide) groups is 1. The topological polar surface area (TPSA) is 71.8 Å². The van der Waals surface area contributed by atoms with Crippen molar-refractivity contribution < 1.29 is 9.18 Å². The van der Waals surface area contributed by atoms with Crippen molar-refractivity contribution in [2.24, 2.45) is 0 Å². The summed E-state index contributed by atoms with van der Waals surface area (Å²) in [4.78, 5) is 11.4. The molecule has 2 fully saturated rings. The first-order valence-electron chi connectivity index (χ1n) is 9.50. The lowest BCUT2D eigenvalue weighted by Crippen LogP contribution is -2.36. The molecule has 2 N–H and O–H groups in total. The summed E-state index contributed by atoms with van der Waals surface area (Å²) in [7, 11) is 0. The van der Waals surface area contributed by atoms with Crippen molar-refractivity contribution in [3.8, 4) is 0 Å². The van der Waals surface area contributed by atoms with Crippen molar-refractivity contribution in [1.82, 2.24) is 25.6 Å². The Morgan fingerprint density at radius 3 is 3.00 bits per heavy atom. The van der Waals surface area contributed by atoms with Gasteiger partial charge in [-0.25, -0.2) is 13.9 Å². The number of halogens is 1. The van der Waals surface area contributed by atoms with Crippen LogP contribution in [0.3, 0.4) is 0 Å². The van der Waals surface area contributed by atoms with Gasteiger partial charge in [0.1, 0.15) is 5.82 Å². The third-order valence-electron chi connectivity index (χ3n) is 5.24. The molecular weight excluding hydrogens is 365 g/mol. The van der Waals surface area contributed by atoms with Crippen LogP contribution in [-0.2, 0) is 13.0 Å². The minimum Gasteiger partial charge on any atom is -0.332 e. The Morgan fingerprint density at radius 1 is 1.22 bits per heavy atom. The molecule has 27 heavy (non-hydrogen) atoms. The van der Waals surface area contributed by atoms with Crippen LogP contribution in [0, 0.1) is 5.82 Å². The SMILES string of the molecule is O=C1N[C@H]2[C@H](CS[C@H]2CCCCCc2cn(Cc3ccccc3F)nn2)N1. The maximum atomic E-state index is 13.7. The molecule has 0 unspecified atom stereocenters. The second kappa shape index (κ2) is 8.29. The number of rotatable bonds is 8. The molecule has 2 saturated heterocycles. The molecule has 2 aliphatic rings. The minimum absolute atomic E-state index is 0.0197. The summed E-state index contributed by atoms with van der Waals surface area (Å²) < 4.78 is 15.4. The summed E-state index contributed by atoms with van der Waals surface area (Å²) in [6, 6.07) is 7.32. The fourth-order valence-corrected chi connectivity index (χ4v) is 5.35. The minimum atomic E-state index is -0.213. The van der Waals surface area contributed by atoms with Gasteiger partial charge in [0, 0.05) is 22.8 Å². The van der Waals surface area contributed by atoms with Gasteiger partial charge < -0.3 is 10.6 Å². The Hall–Kier alpha value is -2.09. The van der Waals surface area contributed by atoms with E-state index in [1.165, 1.54) is 6.07 Å². The number of benzene rings is 1. The molecule has 2 amide bonds. The lowest BCUT2D eigenvalue weighted by molar-refractivity contribution is 0.247. The Kier molecular flexibility index (Phi) is 5.61. The Labute approximate surface area is 162 Å². The van der Waals surface area contributed by atoms with Crippen LogP contribution in [-0.4, -0.2) is 44.1 Å². The summed E-state index contributed by atoms with van der Waals surface area (Å²) in [6.45, 7) is 0.404. The highest BCUT2D eigenvalue weighted by molar-refractivity contribution is 8.00. The summed E-state index contributed by atoms with van der Waals surface area (Å²) in [5, 5.41) is 14.9. The quantitative estimate of drug-likeness (QED) is 0.538. The number of carbonyl (C=O) groups excluding carboxylic acids is 1. The zero-order valence-electron chi connectivity index (χ0n) is 15.1. The van der Waals surface area contributed by atoms with E-state index in [4.69, 9.17) is 0 Å². The maximum Gasteiger partial charge on any atom is 0.315 e. The van der Waals surface area contributed by atoms with Gasteiger partial charge in [0.2, 0.25) is 0 Å². The van der Waals surface area contributed by atoms with Crippen molar-refractivity contribution in [3.05, 3.63) is 47.5 Å². The van der Waals surface area contributed by atoms with Crippen LogP contribution in [0.4, 0.5) is 9.18 Å². The van der Waals surface area contributed by atoms with E-state index >= 15 is 0 Å². The van der Waals surface area contributed by atoms with Crippen molar-refractivity contribution in [2.45, 2.75) is 56.0 Å². The lowest BCUT2D eigenvalue weighted by atomic mass is 10.0. The van der Waals surface area contributed by atoms with Crippen LogP contribution >= 0.6 is 11.8 Å². The van der Waals surface area contributed by atoms with Gasteiger partial charge in [0.15, 0.2) is 0 Å². The zero-order chi connectivity index (χ0) is 18.6. The average Bonchev–Trinajstić information content (AvgIpc) is 3.34. The predicted molar refractivity (Wildman–Crippen MR) is 103 cm³/mol. The normalized spacial score (nSPS) is 23.9. The molecule has 0 radical (unpaired) electrons. The van der Waals surface area contributed by atoms with Crippen LogP contribution in [0.15, 0.2) is 30.5 Å². The first-order chi connectivity index (χ1) is 13.2. The summed E-state index contributed by atoms with van der Waals surface area (Å²) in [5.41, 5.74) is 1.57. The van der Waals surface area contributed by atoms with Gasteiger partial charge in [0.25, 0.3) is 0 Å². The third kappa shape index (κ3) is 4.43. The first-order valence-corrected chi connectivity index (χ1v) is 10.5. The number of hydrogen-bond donors (Lipinski definition) is 2. The number of aromatic nitrogens is 3. The van der Waals surface area contributed by atoms with Crippen LogP contribution in [0.25, 0.3) is 0 Å². The molecule has 144 valence electrons. The molecule has 3 heterocycles. The second-order valence-corrected chi connectivity index (χ2v) is 8.49. The number of urea groups is 1. The summed E-state index contributed by atoms with van der Waals surface area (Å²) >= 11 is 1.96. The number of amides is 2. The number of fused-ring (bicyclic) bond motifs is 1. The van der Waals surface area contributed by atoms with Crippen molar-refractivity contribution in [2.75, 3.05) is 5.75 Å². The van der Waals surface area contributed by atoms with E-state index in [0.29, 0.717) is 29.4 Å². The fourth-order valence-electron chi connectivity index (χ4n) is 3.80. The number of nitrogens with one attached hydrogen (secondary N) is 2. The number of nitrogens with zero attached hydrogens (tertiary/aromatic N) is 3. The lowest BCUT2D eigenvalue weighted by Gasteiger charge is -2.16. The zero-order valence-corrected chi connectivity index (χ0v) is 15.9. The largest absolute Gasteiger partial charge is 0.332 e. The molecule has 1 aromatic heterocycles. The van der Waals surface area contributed by atoms with Gasteiger partial charge in [-0.05, 0) is 25.3 Å². The monoisotopic (exact) mass is 389 g/mol. The molecule has 3 atom stereocenters. The number of hydrogen-bond acceptors (Lipinski definition) is 4. The molecular formula is C19H24FN5OS. The van der Waals surface area contributed by atoms with E-state index in [0.717, 1.165) is 43.6 Å². The Balaban J connectivity index is 1.17. The second-order valence-electron chi connectivity index (χ2n) is 7.22. The molecule has 2 aliphatic heterocycles. The van der Waals surface area contributed by atoms with Crippen LogP contribution in [0.5, 0.6) is 0 Å². The average molecular weight is 390 g/mol. The molecule has 0 spiro atoms. The van der Waals surface area contributed by atoms with E-state index in [1.54, 1.807) is 16.8 Å². The smallest absolute Gasteiger partial charge is 0.315 e. The molecule has 4 rings (SSSR count). The van der Waals surface area contributed by atoms with Crippen molar-refractivity contribution in [3.63, 3.8) is 0 Å². The molecule has 0 bridgehead atoms. The number of aryl methyl sites for hydroxylation is 1. The molecule has 2 aromatic rings. The van der Waals surface area contributed by atoms with Gasteiger partial charge in [-0.15, -0.1) is 5.10 Å². The van der Waals surface area contributed by atoms with E-state index in [-0.39, 0.29) is 11.8 Å². The van der Waals surface area contributed by atoms with Gasteiger partial charge >= 0.3 is 6.03 Å². The molecule has 6 nitrogen and oxygen atoms in total. The number of unbranched alkanes of at least 4 members (excludes halogenated alkanes) is 2. The molecule has 0 saturated carbocycles. The molecule has 8 heteroatoms. The van der Waals surface area contributed by atoms with E-state index < -0.39 is 0 Å². The van der Waals surface area contributed by atoms with Crippen molar-refractivity contribution >= 4 is 17.8 Å². The molecule has 0 aliphatic carbocycles. The molecule has 1 aromatic carbocycles. The highest BCUT2D eigenvalue weighted by Gasteiger charge is 2.42. The summed E-state index contributed by atoms with van der Waals surface area (Å²) in [6.07, 6.45) is 7.28. The third-order valence-corrected chi connectivity index (χ3v) is 6.74. The first kappa shape index (κ1) is 18.3. The predicted octanol–water partition coefficient (Wildman–Crippen LogP) is 2.73. The van der Waals surface area contributed by atoms with E-state index in [9.17, 15) is 9.18 Å². The summed E-state index contributed by atoms with van der Waals surface area (Å²) in [5.74, 6) is 0.800.